The fraction of sp³-hybridized carbons (Fsp3) is 0.250. The largest absolute Gasteiger partial charge is 0.496 e. The van der Waals surface area contributed by atoms with Crippen LogP contribution in [0.2, 0.25) is 0 Å². The van der Waals surface area contributed by atoms with Gasteiger partial charge in [0.2, 0.25) is 0 Å². The summed E-state index contributed by atoms with van der Waals surface area (Å²) in [5.74, 6) is 0.775. The number of hydrogen-bond donors (Lipinski definition) is 0. The van der Waals surface area contributed by atoms with Crippen LogP contribution < -0.4 is 4.74 Å². The molecule has 1 rings (SSSR count). The highest BCUT2D eigenvalue weighted by Crippen LogP contribution is 2.25. The van der Waals surface area contributed by atoms with Crippen LogP contribution in [0, 0.1) is 0 Å². The number of carbonyl (C=O) groups excluding carboxylic acids is 1. The maximum absolute atomic E-state index is 10.3. The van der Waals surface area contributed by atoms with E-state index in [1.807, 2.05) is 25.1 Å². The lowest BCUT2D eigenvalue weighted by Gasteiger charge is -2.09. The minimum Gasteiger partial charge on any atom is -0.496 e. The molecule has 0 aliphatic carbocycles. The molecule has 1 aromatic carbocycles. The van der Waals surface area contributed by atoms with Crippen LogP contribution in [-0.2, 0) is 11.2 Å². The Morgan fingerprint density at radius 2 is 2.29 bits per heavy atom. The summed E-state index contributed by atoms with van der Waals surface area (Å²) in [7, 11) is 1.62. The Labute approximate surface area is 84.2 Å². The van der Waals surface area contributed by atoms with Crippen molar-refractivity contribution < 1.29 is 9.53 Å². The van der Waals surface area contributed by atoms with Crippen LogP contribution in [0.25, 0.3) is 5.57 Å². The summed E-state index contributed by atoms with van der Waals surface area (Å²) in [5.41, 5.74) is 2.91. The SMILES string of the molecule is C=C(C)c1ccc(CC=O)cc1OC. The average molecular weight is 190 g/mol. The van der Waals surface area contributed by atoms with Gasteiger partial charge in [0, 0.05) is 12.0 Å². The predicted molar refractivity (Wildman–Crippen MR) is 57.5 cm³/mol. The Balaban J connectivity index is 3.10. The molecule has 0 aromatic heterocycles. The first-order chi connectivity index (χ1) is 6.69. The monoisotopic (exact) mass is 190 g/mol. The number of hydrogen-bond acceptors (Lipinski definition) is 2. The molecule has 0 spiro atoms. The number of allylic oxidation sites excluding steroid dienone is 1. The molecule has 0 aliphatic heterocycles. The third kappa shape index (κ3) is 2.22. The van der Waals surface area contributed by atoms with Crippen molar-refractivity contribution in [3.63, 3.8) is 0 Å². The molecule has 2 nitrogen and oxygen atoms in total. The molecule has 0 fully saturated rings. The average Bonchev–Trinajstić information content (AvgIpc) is 2.17. The molecular weight excluding hydrogens is 176 g/mol. The number of rotatable bonds is 4. The molecule has 0 unspecified atom stereocenters. The predicted octanol–water partition coefficient (Wildman–Crippen LogP) is 2.47. The van der Waals surface area contributed by atoms with E-state index in [1.54, 1.807) is 7.11 Å². The fourth-order valence-electron chi connectivity index (χ4n) is 1.31. The second-order valence-electron chi connectivity index (χ2n) is 3.19. The molecule has 0 bridgehead atoms. The van der Waals surface area contributed by atoms with Crippen LogP contribution in [0.4, 0.5) is 0 Å². The van der Waals surface area contributed by atoms with Crippen molar-refractivity contribution in [3.05, 3.63) is 35.9 Å². The standard InChI is InChI=1S/C12H14O2/c1-9(2)11-5-4-10(6-7-13)8-12(11)14-3/h4-5,7-8H,1,6H2,2-3H3. The van der Waals surface area contributed by atoms with Gasteiger partial charge in [-0.05, 0) is 24.1 Å². The van der Waals surface area contributed by atoms with Crippen molar-refractivity contribution >= 4 is 11.9 Å². The van der Waals surface area contributed by atoms with E-state index in [2.05, 4.69) is 6.58 Å². The summed E-state index contributed by atoms with van der Waals surface area (Å²) >= 11 is 0. The van der Waals surface area contributed by atoms with Crippen molar-refractivity contribution in [2.45, 2.75) is 13.3 Å². The number of methoxy groups -OCH3 is 1. The van der Waals surface area contributed by atoms with Crippen LogP contribution in [0.3, 0.4) is 0 Å². The number of ether oxygens (including phenoxy) is 1. The lowest BCUT2D eigenvalue weighted by atomic mass is 10.0. The normalized spacial score (nSPS) is 9.57. The highest BCUT2D eigenvalue weighted by molar-refractivity contribution is 5.68. The Morgan fingerprint density at radius 3 is 2.79 bits per heavy atom. The van der Waals surface area contributed by atoms with E-state index in [0.29, 0.717) is 6.42 Å². The molecule has 1 aromatic rings. The molecule has 0 saturated heterocycles. The highest BCUT2D eigenvalue weighted by atomic mass is 16.5. The zero-order valence-corrected chi connectivity index (χ0v) is 8.54. The van der Waals surface area contributed by atoms with Gasteiger partial charge in [0.25, 0.3) is 0 Å². The molecule has 0 amide bonds. The van der Waals surface area contributed by atoms with Gasteiger partial charge >= 0.3 is 0 Å². The second kappa shape index (κ2) is 4.61. The molecule has 0 saturated carbocycles. The Kier molecular flexibility index (Phi) is 3.46. The van der Waals surface area contributed by atoms with Crippen LogP contribution in [-0.4, -0.2) is 13.4 Å². The number of carbonyl (C=O) groups is 1. The minimum atomic E-state index is 0.423. The van der Waals surface area contributed by atoms with Crippen molar-refractivity contribution in [3.8, 4) is 5.75 Å². The summed E-state index contributed by atoms with van der Waals surface area (Å²) < 4.78 is 5.22. The van der Waals surface area contributed by atoms with E-state index >= 15 is 0 Å². The van der Waals surface area contributed by atoms with Gasteiger partial charge < -0.3 is 9.53 Å². The Hall–Kier alpha value is -1.57. The lowest BCUT2D eigenvalue weighted by molar-refractivity contribution is -0.107. The zero-order chi connectivity index (χ0) is 10.6. The number of benzene rings is 1. The van der Waals surface area contributed by atoms with Gasteiger partial charge in [0.15, 0.2) is 0 Å². The molecule has 2 heteroatoms. The summed E-state index contributed by atoms with van der Waals surface area (Å²) in [6.07, 6.45) is 1.31. The minimum absolute atomic E-state index is 0.423. The highest BCUT2D eigenvalue weighted by Gasteiger charge is 2.04. The van der Waals surface area contributed by atoms with Crippen molar-refractivity contribution in [1.29, 1.82) is 0 Å². The van der Waals surface area contributed by atoms with Gasteiger partial charge in [-0.3, -0.25) is 0 Å². The summed E-state index contributed by atoms with van der Waals surface area (Å²) in [4.78, 5) is 10.3. The maximum Gasteiger partial charge on any atom is 0.126 e. The van der Waals surface area contributed by atoms with Crippen LogP contribution >= 0.6 is 0 Å². The number of aldehydes is 1. The van der Waals surface area contributed by atoms with Gasteiger partial charge in [0.1, 0.15) is 12.0 Å². The van der Waals surface area contributed by atoms with E-state index in [-0.39, 0.29) is 0 Å². The maximum atomic E-state index is 10.3. The van der Waals surface area contributed by atoms with Crippen LogP contribution in [0.15, 0.2) is 24.8 Å². The summed E-state index contributed by atoms with van der Waals surface area (Å²) in [5, 5.41) is 0. The zero-order valence-electron chi connectivity index (χ0n) is 8.54. The molecule has 0 heterocycles. The Bertz CT molecular complexity index is 353. The topological polar surface area (TPSA) is 26.3 Å². The molecule has 14 heavy (non-hydrogen) atoms. The molecule has 0 atom stereocenters. The molecule has 0 radical (unpaired) electrons. The van der Waals surface area contributed by atoms with Gasteiger partial charge in [-0.1, -0.05) is 18.7 Å². The summed E-state index contributed by atoms with van der Waals surface area (Å²) in [6.45, 7) is 5.79. The van der Waals surface area contributed by atoms with Gasteiger partial charge in [-0.25, -0.2) is 0 Å². The molecule has 0 aliphatic rings. The van der Waals surface area contributed by atoms with E-state index < -0.39 is 0 Å². The van der Waals surface area contributed by atoms with E-state index in [4.69, 9.17) is 4.74 Å². The quantitative estimate of drug-likeness (QED) is 0.682. The molecular formula is C12H14O2. The fourth-order valence-corrected chi connectivity index (χ4v) is 1.31. The van der Waals surface area contributed by atoms with Crippen LogP contribution in [0.1, 0.15) is 18.1 Å². The first-order valence-electron chi connectivity index (χ1n) is 4.45. The van der Waals surface area contributed by atoms with E-state index in [9.17, 15) is 4.79 Å². The molecule has 74 valence electrons. The van der Waals surface area contributed by atoms with Crippen molar-refractivity contribution in [2.75, 3.05) is 7.11 Å². The summed E-state index contributed by atoms with van der Waals surface area (Å²) in [6, 6.07) is 5.72. The Morgan fingerprint density at radius 1 is 1.57 bits per heavy atom. The lowest BCUT2D eigenvalue weighted by Crippen LogP contribution is -1.93. The first-order valence-corrected chi connectivity index (χ1v) is 4.45. The first kappa shape index (κ1) is 10.5. The third-order valence-electron chi connectivity index (χ3n) is 2.04. The third-order valence-corrected chi connectivity index (χ3v) is 2.04. The molecule has 0 N–H and O–H groups in total. The van der Waals surface area contributed by atoms with E-state index in [0.717, 1.165) is 28.7 Å². The smallest absolute Gasteiger partial charge is 0.126 e. The van der Waals surface area contributed by atoms with Gasteiger partial charge in [-0.2, -0.15) is 0 Å². The van der Waals surface area contributed by atoms with Gasteiger partial charge in [-0.15, -0.1) is 0 Å². The van der Waals surface area contributed by atoms with Gasteiger partial charge in [0.05, 0.1) is 7.11 Å². The van der Waals surface area contributed by atoms with E-state index in [1.165, 1.54) is 0 Å². The van der Waals surface area contributed by atoms with Crippen LogP contribution in [0.5, 0.6) is 5.75 Å². The van der Waals surface area contributed by atoms with Crippen molar-refractivity contribution in [2.24, 2.45) is 0 Å². The second-order valence-corrected chi connectivity index (χ2v) is 3.19. The van der Waals surface area contributed by atoms with Crippen molar-refractivity contribution in [1.82, 2.24) is 0 Å².